The molecule has 0 saturated heterocycles. The quantitative estimate of drug-likeness (QED) is 0.289. The molecule has 0 aliphatic carbocycles. The van der Waals surface area contributed by atoms with Crippen molar-refractivity contribution in [1.29, 1.82) is 0 Å². The number of phenolic OH excluding ortho intramolecular Hbond substituents is 1. The monoisotopic (exact) mass is 463 g/mol. The lowest BCUT2D eigenvalue weighted by Crippen LogP contribution is -2.04. The van der Waals surface area contributed by atoms with Crippen LogP contribution >= 0.6 is 11.8 Å². The van der Waals surface area contributed by atoms with Crippen LogP contribution in [0.25, 0.3) is 34.0 Å². The molecular weight excluding hydrogens is 438 g/mol. The normalized spacial score (nSPS) is 11.3. The average Bonchev–Trinajstić information content (AvgIpc) is 3.17. The predicted octanol–water partition coefficient (Wildman–Crippen LogP) is 4.68. The Kier molecular flexibility index (Phi) is 6.52. The summed E-state index contributed by atoms with van der Waals surface area (Å²) in [4.78, 5) is 9.54. The van der Waals surface area contributed by atoms with Crippen molar-refractivity contribution in [3.05, 3.63) is 54.2 Å². The first-order valence-corrected chi connectivity index (χ1v) is 11.3. The maximum Gasteiger partial charge on any atom is 0.231 e. The minimum Gasteiger partial charge on any atom is -0.507 e. The lowest BCUT2D eigenvalue weighted by atomic mass is 10.1. The number of hydrogen-bond acceptors (Lipinski definition) is 9. The number of anilines is 1. The zero-order chi connectivity index (χ0) is 23.5. The number of nitrogen functional groups attached to an aromatic ring is 1. The summed E-state index contributed by atoms with van der Waals surface area (Å²) in [6.45, 7) is 4.86. The van der Waals surface area contributed by atoms with Gasteiger partial charge in [0.1, 0.15) is 5.75 Å². The molecule has 0 spiro atoms. The van der Waals surface area contributed by atoms with Gasteiger partial charge >= 0.3 is 0 Å². The van der Waals surface area contributed by atoms with Crippen LogP contribution in [-0.2, 0) is 6.54 Å². The van der Waals surface area contributed by atoms with E-state index in [2.05, 4.69) is 34.3 Å². The van der Waals surface area contributed by atoms with Crippen LogP contribution in [0.5, 0.6) is 11.5 Å². The maximum absolute atomic E-state index is 10.8. The highest BCUT2D eigenvalue weighted by molar-refractivity contribution is 8.00. The second-order valence-electron chi connectivity index (χ2n) is 7.77. The van der Waals surface area contributed by atoms with Gasteiger partial charge in [-0.25, -0.2) is 9.97 Å². The van der Waals surface area contributed by atoms with E-state index >= 15 is 0 Å². The second-order valence-corrected chi connectivity index (χ2v) is 9.39. The van der Waals surface area contributed by atoms with Gasteiger partial charge in [0.25, 0.3) is 0 Å². The third kappa shape index (κ3) is 4.79. The summed E-state index contributed by atoms with van der Waals surface area (Å²) in [5.74, 6) is 0.128. The van der Waals surface area contributed by atoms with Crippen LogP contribution < -0.4 is 11.1 Å². The summed E-state index contributed by atoms with van der Waals surface area (Å²) in [7, 11) is 1.88. The van der Waals surface area contributed by atoms with E-state index in [1.807, 2.05) is 43.4 Å². The Balaban J connectivity index is 1.68. The van der Waals surface area contributed by atoms with Gasteiger partial charge in [-0.15, -0.1) is 11.8 Å². The first kappa shape index (κ1) is 22.6. The molecule has 33 heavy (non-hydrogen) atoms. The minimum absolute atomic E-state index is 0.0346. The molecule has 0 fully saturated rings. The molecule has 0 atom stereocenters. The van der Waals surface area contributed by atoms with Gasteiger partial charge in [0.2, 0.25) is 5.76 Å². The summed E-state index contributed by atoms with van der Waals surface area (Å²) in [5, 5.41) is 28.7. The number of thioether (sulfide) groups is 1. The average molecular weight is 464 g/mol. The van der Waals surface area contributed by atoms with Crippen LogP contribution in [0.1, 0.15) is 19.4 Å². The van der Waals surface area contributed by atoms with Gasteiger partial charge in [-0.2, -0.15) is 0 Å². The molecule has 170 valence electrons. The van der Waals surface area contributed by atoms with Crippen molar-refractivity contribution in [2.24, 2.45) is 0 Å². The number of phenols is 1. The molecule has 5 N–H and O–H groups in total. The number of rotatable bonds is 7. The number of aromatic hydroxyl groups is 2. The van der Waals surface area contributed by atoms with Crippen LogP contribution in [-0.4, -0.2) is 37.6 Å². The van der Waals surface area contributed by atoms with Crippen molar-refractivity contribution >= 4 is 17.6 Å². The van der Waals surface area contributed by atoms with Crippen molar-refractivity contribution in [2.75, 3.05) is 12.8 Å². The van der Waals surface area contributed by atoms with Crippen molar-refractivity contribution in [1.82, 2.24) is 20.4 Å². The SMILES string of the molecule is CNCc1ccc(-c2noc(-c3nc(-c4ccc(SC(C)C)c(O)c4)cnc3N)c2O)cc1. The van der Waals surface area contributed by atoms with Gasteiger partial charge in [0.05, 0.1) is 11.9 Å². The number of benzene rings is 2. The summed E-state index contributed by atoms with van der Waals surface area (Å²) < 4.78 is 5.42. The third-order valence-electron chi connectivity index (χ3n) is 4.91. The summed E-state index contributed by atoms with van der Waals surface area (Å²) in [5.41, 5.74) is 9.46. The highest BCUT2D eigenvalue weighted by Crippen LogP contribution is 2.40. The Hall–Kier alpha value is -3.56. The molecule has 4 rings (SSSR count). The second kappa shape index (κ2) is 9.51. The Bertz CT molecular complexity index is 1270. The Morgan fingerprint density at radius 2 is 1.79 bits per heavy atom. The number of nitrogens with two attached hydrogens (primary N) is 1. The summed E-state index contributed by atoms with van der Waals surface area (Å²) in [6.07, 6.45) is 1.51. The number of nitrogens with one attached hydrogen (secondary N) is 1. The molecule has 0 amide bonds. The zero-order valence-electron chi connectivity index (χ0n) is 18.5. The molecule has 9 heteroatoms. The van der Waals surface area contributed by atoms with E-state index in [0.717, 1.165) is 17.0 Å². The molecule has 8 nitrogen and oxygen atoms in total. The van der Waals surface area contributed by atoms with Crippen molar-refractivity contribution < 1.29 is 14.7 Å². The lowest BCUT2D eigenvalue weighted by Gasteiger charge is -2.10. The Morgan fingerprint density at radius 1 is 1.06 bits per heavy atom. The number of aromatic nitrogens is 3. The fourth-order valence-corrected chi connectivity index (χ4v) is 4.18. The van der Waals surface area contributed by atoms with Gasteiger partial charge in [-0.3, -0.25) is 0 Å². The molecule has 2 aromatic heterocycles. The molecule has 2 heterocycles. The van der Waals surface area contributed by atoms with Crippen LogP contribution in [0.2, 0.25) is 0 Å². The van der Waals surface area contributed by atoms with E-state index in [1.54, 1.807) is 17.8 Å². The predicted molar refractivity (Wildman–Crippen MR) is 130 cm³/mol. The van der Waals surface area contributed by atoms with Crippen LogP contribution in [0, 0.1) is 0 Å². The Morgan fingerprint density at radius 3 is 2.45 bits per heavy atom. The summed E-state index contributed by atoms with van der Waals surface area (Å²) >= 11 is 1.57. The van der Waals surface area contributed by atoms with Gasteiger partial charge in [-0.05, 0) is 24.7 Å². The topological polar surface area (TPSA) is 130 Å². The highest BCUT2D eigenvalue weighted by Gasteiger charge is 2.23. The molecule has 0 unspecified atom stereocenters. The minimum atomic E-state index is -0.166. The van der Waals surface area contributed by atoms with Gasteiger partial charge in [-0.1, -0.05) is 49.3 Å². The van der Waals surface area contributed by atoms with Gasteiger partial charge in [0, 0.05) is 27.8 Å². The number of nitrogens with zero attached hydrogens (tertiary/aromatic N) is 3. The fourth-order valence-electron chi connectivity index (χ4n) is 3.35. The van der Waals surface area contributed by atoms with E-state index in [0.29, 0.717) is 27.8 Å². The lowest BCUT2D eigenvalue weighted by molar-refractivity contribution is 0.421. The van der Waals surface area contributed by atoms with Crippen LogP contribution in [0.3, 0.4) is 0 Å². The molecule has 0 aliphatic heterocycles. The smallest absolute Gasteiger partial charge is 0.231 e. The van der Waals surface area contributed by atoms with Crippen LogP contribution in [0.15, 0.2) is 58.1 Å². The maximum atomic E-state index is 10.8. The van der Waals surface area contributed by atoms with E-state index in [1.165, 1.54) is 6.20 Å². The van der Waals surface area contributed by atoms with Crippen molar-refractivity contribution in [3.8, 4) is 45.5 Å². The van der Waals surface area contributed by atoms with Crippen molar-refractivity contribution in [3.63, 3.8) is 0 Å². The molecule has 0 bridgehead atoms. The summed E-state index contributed by atoms with van der Waals surface area (Å²) in [6, 6.07) is 12.9. The molecule has 0 aliphatic rings. The van der Waals surface area contributed by atoms with Gasteiger partial charge in [0.15, 0.2) is 23.0 Å². The Labute approximate surface area is 195 Å². The standard InChI is InChI=1S/C24H25N5O3S/c1-13(2)33-19-9-8-16(10-18(19)30)17-12-27-24(25)21(28-17)23-22(31)20(29-32-23)15-6-4-14(5-7-15)11-26-3/h4-10,12-13,26,30-31H,11H2,1-3H3,(H2,25,27). The first-order chi connectivity index (χ1) is 15.9. The molecule has 2 aromatic carbocycles. The first-order valence-electron chi connectivity index (χ1n) is 10.4. The molecular formula is C24H25N5O3S. The fraction of sp³-hybridized carbons (Fsp3) is 0.208. The van der Waals surface area contributed by atoms with E-state index in [-0.39, 0.29) is 28.8 Å². The van der Waals surface area contributed by atoms with E-state index in [4.69, 9.17) is 10.3 Å². The largest absolute Gasteiger partial charge is 0.507 e. The van der Waals surface area contributed by atoms with E-state index in [9.17, 15) is 10.2 Å². The molecule has 4 aromatic rings. The molecule has 0 radical (unpaired) electrons. The van der Waals surface area contributed by atoms with E-state index < -0.39 is 0 Å². The third-order valence-corrected chi connectivity index (χ3v) is 5.98. The van der Waals surface area contributed by atoms with Crippen molar-refractivity contribution in [2.45, 2.75) is 30.5 Å². The number of hydrogen-bond donors (Lipinski definition) is 4. The molecule has 0 saturated carbocycles. The van der Waals surface area contributed by atoms with Gasteiger partial charge < -0.3 is 25.8 Å². The van der Waals surface area contributed by atoms with Crippen LogP contribution in [0.4, 0.5) is 5.82 Å². The highest BCUT2D eigenvalue weighted by atomic mass is 32.2. The zero-order valence-corrected chi connectivity index (χ0v) is 19.3.